The summed E-state index contributed by atoms with van der Waals surface area (Å²) in [5, 5.41) is 0. The van der Waals surface area contributed by atoms with Crippen molar-refractivity contribution in [3.8, 4) is 5.75 Å². The van der Waals surface area contributed by atoms with E-state index in [2.05, 4.69) is 0 Å². The van der Waals surface area contributed by atoms with Crippen LogP contribution in [0, 0.1) is 0 Å². The molecule has 3 nitrogen and oxygen atoms in total. The van der Waals surface area contributed by atoms with Crippen LogP contribution in [0.25, 0.3) is 0 Å². The van der Waals surface area contributed by atoms with E-state index in [1.165, 1.54) is 5.56 Å². The number of benzene rings is 1. The Kier molecular flexibility index (Phi) is 3.89. The highest BCUT2D eigenvalue weighted by Crippen LogP contribution is 2.30. The van der Waals surface area contributed by atoms with Crippen LogP contribution in [0.3, 0.4) is 0 Å². The summed E-state index contributed by atoms with van der Waals surface area (Å²) in [6.07, 6.45) is 2.24. The number of halogens is 1. The molecule has 0 radical (unpaired) electrons. The number of carbonyl (C=O) groups is 1. The van der Waals surface area contributed by atoms with Crippen molar-refractivity contribution in [2.45, 2.75) is 19.3 Å². The second-order valence-corrected chi connectivity index (χ2v) is 4.51. The summed E-state index contributed by atoms with van der Waals surface area (Å²) in [6.45, 7) is 0.611. The number of alkyl halides is 1. The highest BCUT2D eigenvalue weighted by Gasteiger charge is 2.20. The molecule has 0 fully saturated rings. The van der Waals surface area contributed by atoms with Crippen LogP contribution in [0.5, 0.6) is 5.75 Å². The number of carbonyl (C=O) groups excluding carboxylic acids is 1. The van der Waals surface area contributed by atoms with Gasteiger partial charge in [0, 0.05) is 25.4 Å². The standard InChI is InChI=1S/C13H16ClNO2/c1-15-12-9-11(17-8-2-7-14)5-3-10(12)4-6-13(15)16/h3,5,9H,2,4,6-8H2,1H3. The summed E-state index contributed by atoms with van der Waals surface area (Å²) in [4.78, 5) is 13.3. The summed E-state index contributed by atoms with van der Waals surface area (Å²) in [5.41, 5.74) is 2.17. The number of amides is 1. The number of fused-ring (bicyclic) bond motifs is 1. The number of ether oxygens (including phenoxy) is 1. The average molecular weight is 254 g/mol. The maximum atomic E-state index is 11.6. The van der Waals surface area contributed by atoms with Gasteiger partial charge in [0.2, 0.25) is 5.91 Å². The Labute approximate surface area is 106 Å². The first-order chi connectivity index (χ1) is 8.22. The molecule has 0 N–H and O–H groups in total. The monoisotopic (exact) mass is 253 g/mol. The van der Waals surface area contributed by atoms with Crippen LogP contribution in [-0.4, -0.2) is 25.4 Å². The van der Waals surface area contributed by atoms with Gasteiger partial charge in [0.1, 0.15) is 5.75 Å². The van der Waals surface area contributed by atoms with Gasteiger partial charge in [0.15, 0.2) is 0 Å². The van der Waals surface area contributed by atoms with Crippen LogP contribution in [0.1, 0.15) is 18.4 Å². The maximum Gasteiger partial charge on any atom is 0.227 e. The fraction of sp³-hybridized carbons (Fsp3) is 0.462. The minimum absolute atomic E-state index is 0.162. The molecule has 17 heavy (non-hydrogen) atoms. The van der Waals surface area contributed by atoms with Crippen LogP contribution in [-0.2, 0) is 11.2 Å². The molecule has 92 valence electrons. The smallest absolute Gasteiger partial charge is 0.227 e. The lowest BCUT2D eigenvalue weighted by atomic mass is 10.0. The molecule has 1 heterocycles. The summed E-state index contributed by atoms with van der Waals surface area (Å²) in [7, 11) is 1.81. The van der Waals surface area contributed by atoms with E-state index >= 15 is 0 Å². The third-order valence-electron chi connectivity index (χ3n) is 2.95. The number of hydrogen-bond acceptors (Lipinski definition) is 2. The molecule has 0 aromatic heterocycles. The van der Waals surface area contributed by atoms with Crippen molar-refractivity contribution in [2.75, 3.05) is 24.4 Å². The van der Waals surface area contributed by atoms with E-state index in [1.54, 1.807) is 4.90 Å². The fourth-order valence-electron chi connectivity index (χ4n) is 1.95. The van der Waals surface area contributed by atoms with Gasteiger partial charge in [-0.15, -0.1) is 11.6 Å². The van der Waals surface area contributed by atoms with Gasteiger partial charge < -0.3 is 9.64 Å². The molecular formula is C13H16ClNO2. The van der Waals surface area contributed by atoms with Crippen molar-refractivity contribution in [2.24, 2.45) is 0 Å². The van der Waals surface area contributed by atoms with Crippen molar-refractivity contribution >= 4 is 23.2 Å². The Balaban J connectivity index is 2.14. The largest absolute Gasteiger partial charge is 0.493 e. The molecule has 1 aromatic rings. The Bertz CT molecular complexity index is 420. The Morgan fingerprint density at radius 3 is 3.00 bits per heavy atom. The highest BCUT2D eigenvalue weighted by atomic mass is 35.5. The van der Waals surface area contributed by atoms with E-state index in [4.69, 9.17) is 16.3 Å². The molecule has 0 atom stereocenters. The number of hydrogen-bond donors (Lipinski definition) is 0. The SMILES string of the molecule is CN1C(=O)CCc2ccc(OCCCCl)cc21. The van der Waals surface area contributed by atoms with E-state index in [0.29, 0.717) is 18.9 Å². The minimum Gasteiger partial charge on any atom is -0.493 e. The molecule has 0 aliphatic carbocycles. The van der Waals surface area contributed by atoms with Gasteiger partial charge >= 0.3 is 0 Å². The van der Waals surface area contributed by atoms with Gasteiger partial charge in [-0.25, -0.2) is 0 Å². The summed E-state index contributed by atoms with van der Waals surface area (Å²) in [5.74, 6) is 1.56. The Hall–Kier alpha value is -1.22. The number of anilines is 1. The van der Waals surface area contributed by atoms with Crippen molar-refractivity contribution in [1.82, 2.24) is 0 Å². The molecule has 1 aliphatic heterocycles. The van der Waals surface area contributed by atoms with Crippen LogP contribution in [0.2, 0.25) is 0 Å². The van der Waals surface area contributed by atoms with Gasteiger partial charge in [-0.1, -0.05) is 6.07 Å². The third-order valence-corrected chi connectivity index (χ3v) is 3.21. The average Bonchev–Trinajstić information content (AvgIpc) is 2.35. The molecule has 4 heteroatoms. The van der Waals surface area contributed by atoms with Gasteiger partial charge in [0.05, 0.1) is 12.3 Å². The first-order valence-corrected chi connectivity index (χ1v) is 6.34. The molecule has 0 spiro atoms. The second kappa shape index (κ2) is 5.41. The lowest BCUT2D eigenvalue weighted by Gasteiger charge is -2.26. The van der Waals surface area contributed by atoms with Gasteiger partial charge in [0.25, 0.3) is 0 Å². The lowest BCUT2D eigenvalue weighted by molar-refractivity contribution is -0.118. The first kappa shape index (κ1) is 12.2. The number of rotatable bonds is 4. The van der Waals surface area contributed by atoms with Crippen molar-refractivity contribution in [3.63, 3.8) is 0 Å². The van der Waals surface area contributed by atoms with E-state index < -0.39 is 0 Å². The topological polar surface area (TPSA) is 29.5 Å². The summed E-state index contributed by atoms with van der Waals surface area (Å²) >= 11 is 5.59. The second-order valence-electron chi connectivity index (χ2n) is 4.13. The zero-order valence-electron chi connectivity index (χ0n) is 9.91. The number of aryl methyl sites for hydroxylation is 1. The fourth-order valence-corrected chi connectivity index (χ4v) is 2.05. The summed E-state index contributed by atoms with van der Waals surface area (Å²) in [6, 6.07) is 5.92. The van der Waals surface area contributed by atoms with Gasteiger partial charge in [-0.3, -0.25) is 4.79 Å². The number of nitrogens with zero attached hydrogens (tertiary/aromatic N) is 1. The highest BCUT2D eigenvalue weighted by molar-refractivity contribution is 6.17. The maximum absolute atomic E-state index is 11.6. The first-order valence-electron chi connectivity index (χ1n) is 5.80. The quantitative estimate of drug-likeness (QED) is 0.610. The summed E-state index contributed by atoms with van der Waals surface area (Å²) < 4.78 is 5.57. The van der Waals surface area contributed by atoms with Crippen molar-refractivity contribution < 1.29 is 9.53 Å². The van der Waals surface area contributed by atoms with Crippen LogP contribution < -0.4 is 9.64 Å². The molecule has 0 saturated carbocycles. The van der Waals surface area contributed by atoms with Crippen LogP contribution >= 0.6 is 11.6 Å². The predicted molar refractivity (Wildman–Crippen MR) is 69.0 cm³/mol. The molecule has 1 amide bonds. The van der Waals surface area contributed by atoms with Crippen molar-refractivity contribution in [3.05, 3.63) is 23.8 Å². The Morgan fingerprint density at radius 2 is 2.24 bits per heavy atom. The Morgan fingerprint density at radius 1 is 1.41 bits per heavy atom. The van der Waals surface area contributed by atoms with E-state index in [1.807, 2.05) is 25.2 Å². The van der Waals surface area contributed by atoms with Crippen LogP contribution in [0.15, 0.2) is 18.2 Å². The predicted octanol–water partition coefficient (Wildman–Crippen LogP) is 2.60. The molecule has 1 aromatic carbocycles. The molecule has 0 saturated heterocycles. The zero-order chi connectivity index (χ0) is 12.3. The minimum atomic E-state index is 0.162. The molecule has 2 rings (SSSR count). The third kappa shape index (κ3) is 2.72. The molecular weight excluding hydrogens is 238 g/mol. The molecule has 1 aliphatic rings. The van der Waals surface area contributed by atoms with E-state index in [9.17, 15) is 4.79 Å². The molecule has 0 bridgehead atoms. The van der Waals surface area contributed by atoms with Crippen molar-refractivity contribution in [1.29, 1.82) is 0 Å². The zero-order valence-corrected chi connectivity index (χ0v) is 10.7. The van der Waals surface area contributed by atoms with Gasteiger partial charge in [-0.2, -0.15) is 0 Å². The van der Waals surface area contributed by atoms with Gasteiger partial charge in [-0.05, 0) is 24.5 Å². The molecule has 0 unspecified atom stereocenters. The van der Waals surface area contributed by atoms with Crippen LogP contribution in [0.4, 0.5) is 5.69 Å². The van der Waals surface area contributed by atoms with E-state index in [-0.39, 0.29) is 5.91 Å². The normalized spacial score (nSPS) is 14.7. The lowest BCUT2D eigenvalue weighted by Crippen LogP contribution is -2.31. The van der Waals surface area contributed by atoms with E-state index in [0.717, 1.165) is 24.3 Å².